The first kappa shape index (κ1) is 13.7. The SMILES string of the molecule is CC1CC(C)CC(NCc2ccc(O)c(Cl)c2)C1. The Balaban J connectivity index is 1.89. The third-order valence-electron chi connectivity index (χ3n) is 3.79. The van der Waals surface area contributed by atoms with Crippen LogP contribution in [0, 0.1) is 11.8 Å². The van der Waals surface area contributed by atoms with Gasteiger partial charge in [-0.15, -0.1) is 0 Å². The highest BCUT2D eigenvalue weighted by Crippen LogP contribution is 2.29. The molecule has 18 heavy (non-hydrogen) atoms. The van der Waals surface area contributed by atoms with Gasteiger partial charge in [-0.25, -0.2) is 0 Å². The number of rotatable bonds is 3. The Hall–Kier alpha value is -0.730. The van der Waals surface area contributed by atoms with Gasteiger partial charge in [0.05, 0.1) is 5.02 Å². The normalized spacial score (nSPS) is 28.3. The third-order valence-corrected chi connectivity index (χ3v) is 4.09. The summed E-state index contributed by atoms with van der Waals surface area (Å²) in [6, 6.07) is 6.02. The van der Waals surface area contributed by atoms with Crippen LogP contribution in [0.25, 0.3) is 0 Å². The fraction of sp³-hybridized carbons (Fsp3) is 0.600. The molecule has 0 radical (unpaired) electrons. The van der Waals surface area contributed by atoms with Crippen LogP contribution in [0.1, 0.15) is 38.7 Å². The van der Waals surface area contributed by atoms with Crippen molar-refractivity contribution >= 4 is 11.6 Å². The number of phenolic OH excluding ortho intramolecular Hbond substituents is 1. The van der Waals surface area contributed by atoms with Gasteiger partial charge in [0.1, 0.15) is 5.75 Å². The zero-order valence-corrected chi connectivity index (χ0v) is 11.9. The van der Waals surface area contributed by atoms with Crippen molar-refractivity contribution in [2.24, 2.45) is 11.8 Å². The molecule has 2 nitrogen and oxygen atoms in total. The van der Waals surface area contributed by atoms with Crippen molar-refractivity contribution < 1.29 is 5.11 Å². The van der Waals surface area contributed by atoms with Gasteiger partial charge in [-0.2, -0.15) is 0 Å². The molecule has 1 aliphatic rings. The first-order chi connectivity index (χ1) is 8.54. The number of hydrogen-bond acceptors (Lipinski definition) is 2. The van der Waals surface area contributed by atoms with E-state index in [1.165, 1.54) is 19.3 Å². The van der Waals surface area contributed by atoms with E-state index in [0.717, 1.165) is 23.9 Å². The lowest BCUT2D eigenvalue weighted by atomic mass is 9.80. The third kappa shape index (κ3) is 3.63. The van der Waals surface area contributed by atoms with Crippen molar-refractivity contribution in [2.75, 3.05) is 0 Å². The summed E-state index contributed by atoms with van der Waals surface area (Å²) >= 11 is 5.90. The van der Waals surface area contributed by atoms with Crippen LogP contribution in [-0.2, 0) is 6.54 Å². The first-order valence-corrected chi connectivity index (χ1v) is 7.13. The molecular formula is C15H22ClNO. The Bertz CT molecular complexity index is 397. The lowest BCUT2D eigenvalue weighted by Crippen LogP contribution is -2.35. The fourth-order valence-electron chi connectivity index (χ4n) is 3.04. The van der Waals surface area contributed by atoms with Crippen LogP contribution in [0.4, 0.5) is 0 Å². The number of halogens is 1. The largest absolute Gasteiger partial charge is 0.506 e. The van der Waals surface area contributed by atoms with Gasteiger partial charge in [0.25, 0.3) is 0 Å². The van der Waals surface area contributed by atoms with Crippen LogP contribution < -0.4 is 5.32 Å². The summed E-state index contributed by atoms with van der Waals surface area (Å²) in [5, 5.41) is 13.4. The second-order valence-electron chi connectivity index (χ2n) is 5.78. The van der Waals surface area contributed by atoms with E-state index >= 15 is 0 Å². The quantitative estimate of drug-likeness (QED) is 0.869. The summed E-state index contributed by atoms with van der Waals surface area (Å²) in [5.74, 6) is 1.78. The second kappa shape index (κ2) is 5.94. The van der Waals surface area contributed by atoms with Crippen LogP contribution in [0.5, 0.6) is 5.75 Å². The smallest absolute Gasteiger partial charge is 0.134 e. The molecule has 0 heterocycles. The Labute approximate surface area is 114 Å². The Morgan fingerprint density at radius 1 is 1.22 bits per heavy atom. The molecule has 0 aliphatic heterocycles. The lowest BCUT2D eigenvalue weighted by Gasteiger charge is -2.32. The van der Waals surface area contributed by atoms with Crippen molar-refractivity contribution in [3.05, 3.63) is 28.8 Å². The monoisotopic (exact) mass is 267 g/mol. The second-order valence-corrected chi connectivity index (χ2v) is 6.19. The van der Waals surface area contributed by atoms with Crippen LogP contribution in [0.2, 0.25) is 5.02 Å². The number of nitrogens with one attached hydrogen (secondary N) is 1. The van der Waals surface area contributed by atoms with Crippen molar-refractivity contribution in [1.29, 1.82) is 0 Å². The zero-order valence-electron chi connectivity index (χ0n) is 11.1. The molecule has 0 amide bonds. The van der Waals surface area contributed by atoms with Gasteiger partial charge in [-0.1, -0.05) is 31.5 Å². The summed E-state index contributed by atoms with van der Waals surface area (Å²) in [4.78, 5) is 0. The molecule has 2 rings (SSSR count). The van der Waals surface area contributed by atoms with E-state index in [1.807, 2.05) is 12.1 Å². The molecule has 100 valence electrons. The molecule has 1 saturated carbocycles. The van der Waals surface area contributed by atoms with Gasteiger partial charge in [0.15, 0.2) is 0 Å². The number of phenols is 1. The van der Waals surface area contributed by atoms with Gasteiger partial charge in [-0.05, 0) is 48.8 Å². The van der Waals surface area contributed by atoms with Crippen LogP contribution >= 0.6 is 11.6 Å². The molecular weight excluding hydrogens is 246 g/mol. The Kier molecular flexibility index (Phi) is 4.52. The first-order valence-electron chi connectivity index (χ1n) is 6.75. The summed E-state index contributed by atoms with van der Waals surface area (Å²) in [6.07, 6.45) is 3.87. The Morgan fingerprint density at radius 2 is 1.89 bits per heavy atom. The number of hydrogen-bond donors (Lipinski definition) is 2. The maximum absolute atomic E-state index is 9.38. The van der Waals surface area contributed by atoms with E-state index in [4.69, 9.17) is 11.6 Å². The van der Waals surface area contributed by atoms with Crippen molar-refractivity contribution in [2.45, 2.75) is 45.7 Å². The maximum atomic E-state index is 9.38. The summed E-state index contributed by atoms with van der Waals surface area (Å²) in [6.45, 7) is 5.49. The molecule has 2 unspecified atom stereocenters. The number of aromatic hydroxyl groups is 1. The van der Waals surface area contributed by atoms with Crippen molar-refractivity contribution in [1.82, 2.24) is 5.32 Å². The fourth-order valence-corrected chi connectivity index (χ4v) is 3.24. The molecule has 2 atom stereocenters. The molecule has 1 aromatic rings. The minimum absolute atomic E-state index is 0.153. The predicted molar refractivity (Wildman–Crippen MR) is 75.9 cm³/mol. The summed E-state index contributed by atoms with van der Waals surface area (Å²) < 4.78 is 0. The van der Waals surface area contributed by atoms with E-state index < -0.39 is 0 Å². The van der Waals surface area contributed by atoms with Crippen molar-refractivity contribution in [3.8, 4) is 5.75 Å². The summed E-state index contributed by atoms with van der Waals surface area (Å²) in [5.41, 5.74) is 1.13. The highest BCUT2D eigenvalue weighted by molar-refractivity contribution is 6.32. The zero-order chi connectivity index (χ0) is 13.1. The highest BCUT2D eigenvalue weighted by atomic mass is 35.5. The van der Waals surface area contributed by atoms with Gasteiger partial charge >= 0.3 is 0 Å². The molecule has 0 saturated heterocycles. The van der Waals surface area contributed by atoms with Gasteiger partial charge < -0.3 is 10.4 Å². The van der Waals surface area contributed by atoms with Gasteiger partial charge in [0.2, 0.25) is 0 Å². The minimum Gasteiger partial charge on any atom is -0.506 e. The van der Waals surface area contributed by atoms with Crippen LogP contribution in [0.15, 0.2) is 18.2 Å². The Morgan fingerprint density at radius 3 is 2.50 bits per heavy atom. The van der Waals surface area contributed by atoms with Gasteiger partial charge in [-0.3, -0.25) is 0 Å². The maximum Gasteiger partial charge on any atom is 0.134 e. The van der Waals surface area contributed by atoms with Crippen LogP contribution in [-0.4, -0.2) is 11.1 Å². The standard InChI is InChI=1S/C15H22ClNO/c1-10-5-11(2)7-13(6-10)17-9-12-3-4-15(18)14(16)8-12/h3-4,8,10-11,13,17-18H,5-7,9H2,1-2H3. The lowest BCUT2D eigenvalue weighted by molar-refractivity contribution is 0.238. The highest BCUT2D eigenvalue weighted by Gasteiger charge is 2.23. The predicted octanol–water partition coefficient (Wildman–Crippen LogP) is 3.96. The molecule has 0 spiro atoms. The molecule has 3 heteroatoms. The number of benzene rings is 1. The van der Waals surface area contributed by atoms with Gasteiger partial charge in [0, 0.05) is 12.6 Å². The van der Waals surface area contributed by atoms with E-state index in [1.54, 1.807) is 6.07 Å². The molecule has 1 aromatic carbocycles. The topological polar surface area (TPSA) is 32.3 Å². The molecule has 0 aromatic heterocycles. The van der Waals surface area contributed by atoms with E-state index in [-0.39, 0.29) is 5.75 Å². The average Bonchev–Trinajstić information content (AvgIpc) is 2.29. The van der Waals surface area contributed by atoms with Crippen LogP contribution in [0.3, 0.4) is 0 Å². The minimum atomic E-state index is 0.153. The molecule has 2 N–H and O–H groups in total. The van der Waals surface area contributed by atoms with E-state index in [9.17, 15) is 5.11 Å². The van der Waals surface area contributed by atoms with E-state index in [0.29, 0.717) is 11.1 Å². The van der Waals surface area contributed by atoms with E-state index in [2.05, 4.69) is 19.2 Å². The van der Waals surface area contributed by atoms with Crippen molar-refractivity contribution in [3.63, 3.8) is 0 Å². The summed E-state index contributed by atoms with van der Waals surface area (Å²) in [7, 11) is 0. The molecule has 0 bridgehead atoms. The molecule has 1 aliphatic carbocycles. The average molecular weight is 268 g/mol. The molecule has 1 fully saturated rings.